The van der Waals surface area contributed by atoms with Crippen molar-refractivity contribution < 1.29 is 4.79 Å². The molecule has 0 fully saturated rings. The van der Waals surface area contributed by atoms with Crippen molar-refractivity contribution in [3.05, 3.63) is 52.5 Å². The summed E-state index contributed by atoms with van der Waals surface area (Å²) in [4.78, 5) is 20.0. The zero-order valence-corrected chi connectivity index (χ0v) is 10.7. The van der Waals surface area contributed by atoms with E-state index in [-0.39, 0.29) is 5.91 Å². The van der Waals surface area contributed by atoms with E-state index in [2.05, 4.69) is 31.2 Å². The number of halogens is 1. The van der Waals surface area contributed by atoms with Crippen molar-refractivity contribution in [2.45, 2.75) is 6.92 Å². The molecule has 0 bridgehead atoms. The summed E-state index contributed by atoms with van der Waals surface area (Å²) in [5.41, 5.74) is 2.06. The van der Waals surface area contributed by atoms with Crippen LogP contribution >= 0.6 is 15.9 Å². The van der Waals surface area contributed by atoms with Crippen LogP contribution in [0.2, 0.25) is 0 Å². The van der Waals surface area contributed by atoms with Crippen molar-refractivity contribution in [2.24, 2.45) is 0 Å². The van der Waals surface area contributed by atoms with Crippen molar-refractivity contribution in [1.82, 2.24) is 9.97 Å². The first kappa shape index (κ1) is 11.7. The van der Waals surface area contributed by atoms with Crippen LogP contribution in [0.5, 0.6) is 0 Å². The summed E-state index contributed by atoms with van der Waals surface area (Å²) in [7, 11) is 0. The summed E-state index contributed by atoms with van der Waals surface area (Å²) in [5, 5.41) is 2.75. The van der Waals surface area contributed by atoms with Gasteiger partial charge in [0.2, 0.25) is 0 Å². The molecule has 0 radical (unpaired) electrons. The number of amides is 1. The van der Waals surface area contributed by atoms with Crippen LogP contribution in [-0.2, 0) is 0 Å². The monoisotopic (exact) mass is 291 g/mol. The van der Waals surface area contributed by atoms with E-state index < -0.39 is 0 Å². The van der Waals surface area contributed by atoms with E-state index in [1.165, 1.54) is 0 Å². The molecule has 86 valence electrons. The lowest BCUT2D eigenvalue weighted by atomic mass is 10.2. The van der Waals surface area contributed by atoms with Crippen LogP contribution in [0.15, 0.2) is 41.3 Å². The minimum Gasteiger partial charge on any atom is -0.321 e. The van der Waals surface area contributed by atoms with Crippen molar-refractivity contribution in [3.8, 4) is 0 Å². The van der Waals surface area contributed by atoms with E-state index >= 15 is 0 Å². The van der Waals surface area contributed by atoms with E-state index in [4.69, 9.17) is 0 Å². The SMILES string of the molecule is Cc1ccc(NC(=O)c2cccnc2Br)cn1. The number of carbonyl (C=O) groups excluding carboxylic acids is 1. The van der Waals surface area contributed by atoms with Crippen LogP contribution < -0.4 is 5.32 Å². The predicted molar refractivity (Wildman–Crippen MR) is 68.9 cm³/mol. The molecule has 0 spiro atoms. The zero-order valence-electron chi connectivity index (χ0n) is 9.14. The number of carbonyl (C=O) groups is 1. The molecule has 0 atom stereocenters. The van der Waals surface area contributed by atoms with Crippen LogP contribution in [0.1, 0.15) is 16.1 Å². The Balaban J connectivity index is 2.17. The number of aryl methyl sites for hydroxylation is 1. The van der Waals surface area contributed by atoms with Gasteiger partial charge in [-0.3, -0.25) is 9.78 Å². The zero-order chi connectivity index (χ0) is 12.3. The summed E-state index contributed by atoms with van der Waals surface area (Å²) in [6, 6.07) is 7.07. The van der Waals surface area contributed by atoms with E-state index in [0.717, 1.165) is 5.69 Å². The molecule has 2 rings (SSSR count). The number of hydrogen-bond donors (Lipinski definition) is 1. The Morgan fingerprint density at radius 1 is 1.29 bits per heavy atom. The van der Waals surface area contributed by atoms with Gasteiger partial charge in [-0.05, 0) is 47.1 Å². The normalized spacial score (nSPS) is 10.0. The molecule has 0 saturated carbocycles. The van der Waals surface area contributed by atoms with E-state index in [0.29, 0.717) is 15.9 Å². The number of aromatic nitrogens is 2. The fraction of sp³-hybridized carbons (Fsp3) is 0.0833. The predicted octanol–water partition coefficient (Wildman–Crippen LogP) is 2.80. The first-order valence-corrected chi connectivity index (χ1v) is 5.80. The maximum Gasteiger partial charge on any atom is 0.258 e. The van der Waals surface area contributed by atoms with E-state index in [9.17, 15) is 4.79 Å². The Bertz CT molecular complexity index is 540. The Kier molecular flexibility index (Phi) is 3.49. The number of hydrogen-bond acceptors (Lipinski definition) is 3. The van der Waals surface area contributed by atoms with Gasteiger partial charge in [-0.15, -0.1) is 0 Å². The molecule has 17 heavy (non-hydrogen) atoms. The van der Waals surface area contributed by atoms with Crippen molar-refractivity contribution in [1.29, 1.82) is 0 Å². The molecule has 0 aliphatic carbocycles. The van der Waals surface area contributed by atoms with E-state index in [1.54, 1.807) is 24.5 Å². The summed E-state index contributed by atoms with van der Waals surface area (Å²) >= 11 is 3.23. The maximum absolute atomic E-state index is 11.9. The molecule has 4 nitrogen and oxygen atoms in total. The standard InChI is InChI=1S/C12H10BrN3O/c1-8-4-5-9(7-15-8)16-12(17)10-3-2-6-14-11(10)13/h2-7H,1H3,(H,16,17). The number of anilines is 1. The largest absolute Gasteiger partial charge is 0.321 e. The molecule has 0 saturated heterocycles. The minimum absolute atomic E-state index is 0.212. The third kappa shape index (κ3) is 2.88. The highest BCUT2D eigenvalue weighted by atomic mass is 79.9. The topological polar surface area (TPSA) is 54.9 Å². The average molecular weight is 292 g/mol. The molecule has 1 N–H and O–H groups in total. The Morgan fingerprint density at radius 3 is 2.76 bits per heavy atom. The van der Waals surface area contributed by atoms with Gasteiger partial charge in [-0.25, -0.2) is 4.98 Å². The molecular weight excluding hydrogens is 282 g/mol. The second-order valence-electron chi connectivity index (χ2n) is 3.48. The second-order valence-corrected chi connectivity index (χ2v) is 4.24. The number of pyridine rings is 2. The van der Waals surface area contributed by atoms with Gasteiger partial charge in [-0.2, -0.15) is 0 Å². The van der Waals surface area contributed by atoms with Gasteiger partial charge in [0.1, 0.15) is 4.60 Å². The van der Waals surface area contributed by atoms with Crippen LogP contribution in [0, 0.1) is 6.92 Å². The van der Waals surface area contributed by atoms with Crippen LogP contribution in [-0.4, -0.2) is 15.9 Å². The van der Waals surface area contributed by atoms with Gasteiger partial charge in [0.05, 0.1) is 17.4 Å². The summed E-state index contributed by atoms with van der Waals surface area (Å²) < 4.78 is 0.526. The van der Waals surface area contributed by atoms with Crippen LogP contribution in [0.25, 0.3) is 0 Å². The van der Waals surface area contributed by atoms with Gasteiger partial charge < -0.3 is 5.32 Å². The van der Waals surface area contributed by atoms with Crippen molar-refractivity contribution in [3.63, 3.8) is 0 Å². The molecule has 0 aliphatic rings. The van der Waals surface area contributed by atoms with Crippen LogP contribution in [0.4, 0.5) is 5.69 Å². The molecule has 0 aliphatic heterocycles. The van der Waals surface area contributed by atoms with Gasteiger partial charge >= 0.3 is 0 Å². The summed E-state index contributed by atoms with van der Waals surface area (Å²) in [6.07, 6.45) is 3.24. The Labute approximate surface area is 107 Å². The van der Waals surface area contributed by atoms with Crippen LogP contribution in [0.3, 0.4) is 0 Å². The smallest absolute Gasteiger partial charge is 0.258 e. The molecule has 0 aromatic carbocycles. The molecule has 2 heterocycles. The Morgan fingerprint density at radius 2 is 2.12 bits per heavy atom. The van der Waals surface area contributed by atoms with Gasteiger partial charge in [0.15, 0.2) is 0 Å². The maximum atomic E-state index is 11.9. The third-order valence-electron chi connectivity index (χ3n) is 2.17. The fourth-order valence-electron chi connectivity index (χ4n) is 1.30. The van der Waals surface area contributed by atoms with Crippen molar-refractivity contribution >= 4 is 27.5 Å². The molecular formula is C12H10BrN3O. The number of nitrogens with one attached hydrogen (secondary N) is 1. The highest BCUT2D eigenvalue weighted by Gasteiger charge is 2.10. The summed E-state index contributed by atoms with van der Waals surface area (Å²) in [6.45, 7) is 1.89. The van der Waals surface area contributed by atoms with Crippen molar-refractivity contribution in [2.75, 3.05) is 5.32 Å². The molecule has 0 unspecified atom stereocenters. The molecule has 1 amide bonds. The number of rotatable bonds is 2. The Hall–Kier alpha value is -1.75. The van der Waals surface area contributed by atoms with Gasteiger partial charge in [0, 0.05) is 11.9 Å². The summed E-state index contributed by atoms with van der Waals surface area (Å²) in [5.74, 6) is -0.212. The molecule has 5 heteroatoms. The second kappa shape index (κ2) is 5.05. The highest BCUT2D eigenvalue weighted by Crippen LogP contribution is 2.15. The van der Waals surface area contributed by atoms with Gasteiger partial charge in [-0.1, -0.05) is 0 Å². The number of nitrogens with zero attached hydrogens (tertiary/aromatic N) is 2. The highest BCUT2D eigenvalue weighted by molar-refractivity contribution is 9.10. The van der Waals surface area contributed by atoms with E-state index in [1.807, 2.05) is 19.1 Å². The lowest BCUT2D eigenvalue weighted by molar-refractivity contribution is 0.102. The first-order chi connectivity index (χ1) is 8.16. The average Bonchev–Trinajstić information content (AvgIpc) is 2.32. The third-order valence-corrected chi connectivity index (χ3v) is 2.80. The van der Waals surface area contributed by atoms with Gasteiger partial charge in [0.25, 0.3) is 5.91 Å². The molecule has 2 aromatic rings. The quantitative estimate of drug-likeness (QED) is 0.866. The fourth-order valence-corrected chi connectivity index (χ4v) is 1.73. The first-order valence-electron chi connectivity index (χ1n) is 5.01. The lowest BCUT2D eigenvalue weighted by Gasteiger charge is -2.05. The lowest BCUT2D eigenvalue weighted by Crippen LogP contribution is -2.13. The molecule has 2 aromatic heterocycles. The minimum atomic E-state index is -0.212.